The minimum atomic E-state index is -0.0471. The molecule has 3 aromatic rings. The molecule has 0 heterocycles. The topological polar surface area (TPSA) is 35.7 Å². The first-order chi connectivity index (χ1) is 22.0. The van der Waals surface area contributed by atoms with E-state index in [-0.39, 0.29) is 6.04 Å². The van der Waals surface area contributed by atoms with Crippen LogP contribution in [0.1, 0.15) is 58.2 Å². The highest BCUT2D eigenvalue weighted by atomic mass is 15.1. The van der Waals surface area contributed by atoms with Crippen molar-refractivity contribution in [2.45, 2.75) is 47.6 Å². The summed E-state index contributed by atoms with van der Waals surface area (Å²) < 4.78 is 0. The van der Waals surface area contributed by atoms with Crippen molar-refractivity contribution in [1.82, 2.24) is 0 Å². The smallest absolute Gasteiger partial charge is 0.0416 e. The molecule has 4 rings (SSSR count). The number of nitrogens with two attached hydrogens (primary N) is 1. The maximum Gasteiger partial charge on any atom is 0.0416 e. The second-order valence-corrected chi connectivity index (χ2v) is 11.3. The molecule has 0 spiro atoms. The molecule has 4 heteroatoms. The highest BCUT2D eigenvalue weighted by Gasteiger charge is 2.11. The molecule has 0 fully saturated rings. The maximum absolute atomic E-state index is 6.15. The summed E-state index contributed by atoms with van der Waals surface area (Å²) in [7, 11) is 0. The number of benzene rings is 3. The predicted octanol–water partition coefficient (Wildman–Crippen LogP) is 9.12. The zero-order valence-corrected chi connectivity index (χ0v) is 28.2. The van der Waals surface area contributed by atoms with Crippen LogP contribution in [0, 0.1) is 0 Å². The van der Waals surface area contributed by atoms with E-state index in [0.29, 0.717) is 0 Å². The molecule has 0 aromatic heterocycles. The average Bonchev–Trinajstić information content (AvgIpc) is 3.08. The molecule has 0 atom stereocenters. The van der Waals surface area contributed by atoms with Crippen molar-refractivity contribution >= 4 is 28.2 Å². The SMILES string of the molecule is CCN(CC)c1ccc(C(=CC=CC(=C2C=CC(N)C=C2)c2ccc(N(CC)CC)cc2)c2ccc(N(CC)CC)cc2)cc1. The van der Waals surface area contributed by atoms with E-state index in [1.807, 2.05) is 0 Å². The second-order valence-electron chi connectivity index (χ2n) is 11.3. The summed E-state index contributed by atoms with van der Waals surface area (Å²) in [6.45, 7) is 19.2. The summed E-state index contributed by atoms with van der Waals surface area (Å²) in [6.07, 6.45) is 15.1. The van der Waals surface area contributed by atoms with Crippen molar-refractivity contribution in [2.24, 2.45) is 5.73 Å². The van der Waals surface area contributed by atoms with E-state index >= 15 is 0 Å². The van der Waals surface area contributed by atoms with Gasteiger partial charge >= 0.3 is 0 Å². The molecule has 0 radical (unpaired) electrons. The van der Waals surface area contributed by atoms with Crippen molar-refractivity contribution in [3.8, 4) is 0 Å². The van der Waals surface area contributed by atoms with Gasteiger partial charge in [0.1, 0.15) is 0 Å². The van der Waals surface area contributed by atoms with Crippen LogP contribution in [0.25, 0.3) is 11.1 Å². The molecule has 3 aromatic carbocycles. The highest BCUT2D eigenvalue weighted by molar-refractivity contribution is 5.85. The molecular formula is C41H52N4. The first kappa shape index (κ1) is 33.6. The molecule has 1 aliphatic rings. The molecule has 0 aliphatic heterocycles. The van der Waals surface area contributed by atoms with Crippen molar-refractivity contribution in [3.05, 3.63) is 138 Å². The second kappa shape index (κ2) is 16.7. The Bertz CT molecular complexity index is 1420. The number of rotatable bonds is 14. The number of allylic oxidation sites excluding steroid dienone is 7. The number of nitrogens with zero attached hydrogens (tertiary/aromatic N) is 3. The van der Waals surface area contributed by atoms with Crippen LogP contribution in [0.4, 0.5) is 17.1 Å². The van der Waals surface area contributed by atoms with Crippen molar-refractivity contribution in [3.63, 3.8) is 0 Å². The molecule has 0 bridgehead atoms. The van der Waals surface area contributed by atoms with Gasteiger partial charge in [0.2, 0.25) is 0 Å². The van der Waals surface area contributed by atoms with Gasteiger partial charge in [-0.3, -0.25) is 0 Å². The van der Waals surface area contributed by atoms with Gasteiger partial charge in [0.05, 0.1) is 0 Å². The standard InChI is InChI=1S/C41H52N4/c1-7-43(8-2)37-26-18-33(19-27-37)40(32-16-24-36(42)25-17-32)14-13-15-41(34-20-28-38(29-21-34)44(9-3)10-4)35-22-30-39(31-23-35)45(11-5)12-6/h13-31,36H,7-12,42H2,1-6H3. The summed E-state index contributed by atoms with van der Waals surface area (Å²) in [5.41, 5.74) is 17.0. The van der Waals surface area contributed by atoms with E-state index in [2.05, 4.69) is 172 Å². The molecule has 2 N–H and O–H groups in total. The van der Waals surface area contributed by atoms with Gasteiger partial charge in [-0.2, -0.15) is 0 Å². The van der Waals surface area contributed by atoms with Gasteiger partial charge in [0.15, 0.2) is 0 Å². The summed E-state index contributed by atoms with van der Waals surface area (Å²) >= 11 is 0. The molecule has 0 unspecified atom stereocenters. The minimum Gasteiger partial charge on any atom is -0.372 e. The first-order valence-electron chi connectivity index (χ1n) is 16.8. The maximum atomic E-state index is 6.15. The van der Waals surface area contributed by atoms with Crippen molar-refractivity contribution in [1.29, 1.82) is 0 Å². The van der Waals surface area contributed by atoms with E-state index in [9.17, 15) is 0 Å². The lowest BCUT2D eigenvalue weighted by molar-refractivity contribution is 0.866. The van der Waals surface area contributed by atoms with E-state index < -0.39 is 0 Å². The quantitative estimate of drug-likeness (QED) is 0.187. The normalized spacial score (nSPS) is 14.1. The van der Waals surface area contributed by atoms with Gasteiger partial charge in [-0.1, -0.05) is 78.9 Å². The number of hydrogen-bond acceptors (Lipinski definition) is 4. The fraction of sp³-hybridized carbons (Fsp3) is 0.317. The van der Waals surface area contributed by atoms with Gasteiger partial charge in [-0.05, 0) is 111 Å². The zero-order chi connectivity index (χ0) is 32.2. The minimum absolute atomic E-state index is 0.0471. The molecule has 0 saturated heterocycles. The Morgan fingerprint density at radius 1 is 0.556 bits per heavy atom. The molecule has 1 aliphatic carbocycles. The van der Waals surface area contributed by atoms with Gasteiger partial charge in [0.25, 0.3) is 0 Å². The van der Waals surface area contributed by atoms with Gasteiger partial charge in [-0.15, -0.1) is 0 Å². The Balaban J connectivity index is 1.77. The lowest BCUT2D eigenvalue weighted by Crippen LogP contribution is -2.21. The lowest BCUT2D eigenvalue weighted by atomic mass is 9.94. The largest absolute Gasteiger partial charge is 0.372 e. The van der Waals surface area contributed by atoms with Crippen LogP contribution in [0.15, 0.2) is 121 Å². The number of anilines is 3. The molecule has 0 amide bonds. The Kier molecular flexibility index (Phi) is 12.5. The van der Waals surface area contributed by atoms with Crippen molar-refractivity contribution < 1.29 is 0 Å². The third-order valence-corrected chi connectivity index (χ3v) is 8.75. The van der Waals surface area contributed by atoms with Crippen LogP contribution in [-0.2, 0) is 0 Å². The van der Waals surface area contributed by atoms with Crippen LogP contribution in [0.2, 0.25) is 0 Å². The van der Waals surface area contributed by atoms with E-state index in [4.69, 9.17) is 5.73 Å². The first-order valence-corrected chi connectivity index (χ1v) is 16.8. The van der Waals surface area contributed by atoms with Gasteiger partial charge in [-0.25, -0.2) is 0 Å². The van der Waals surface area contributed by atoms with Crippen LogP contribution >= 0.6 is 0 Å². The van der Waals surface area contributed by atoms with Crippen LogP contribution in [0.5, 0.6) is 0 Å². The van der Waals surface area contributed by atoms with Crippen LogP contribution in [0.3, 0.4) is 0 Å². The van der Waals surface area contributed by atoms with Crippen LogP contribution < -0.4 is 20.4 Å². The van der Waals surface area contributed by atoms with E-state index in [1.54, 1.807) is 0 Å². The lowest BCUT2D eigenvalue weighted by Gasteiger charge is -2.22. The van der Waals surface area contributed by atoms with Crippen molar-refractivity contribution in [2.75, 3.05) is 54.0 Å². The van der Waals surface area contributed by atoms with E-state index in [1.165, 1.54) is 44.9 Å². The molecular weight excluding hydrogens is 548 g/mol. The Hall–Kier alpha value is -4.28. The molecule has 45 heavy (non-hydrogen) atoms. The zero-order valence-electron chi connectivity index (χ0n) is 28.2. The number of hydrogen-bond donors (Lipinski definition) is 1. The fourth-order valence-corrected chi connectivity index (χ4v) is 6.01. The van der Waals surface area contributed by atoms with Crippen LogP contribution in [-0.4, -0.2) is 45.3 Å². The Morgan fingerprint density at radius 2 is 0.911 bits per heavy atom. The molecule has 0 saturated carbocycles. The van der Waals surface area contributed by atoms with Gasteiger partial charge < -0.3 is 20.4 Å². The van der Waals surface area contributed by atoms with Gasteiger partial charge in [0, 0.05) is 62.4 Å². The fourth-order valence-electron chi connectivity index (χ4n) is 6.01. The third kappa shape index (κ3) is 8.46. The monoisotopic (exact) mass is 600 g/mol. The summed E-state index contributed by atoms with van der Waals surface area (Å²) in [5, 5.41) is 0. The molecule has 236 valence electrons. The summed E-state index contributed by atoms with van der Waals surface area (Å²) in [6, 6.07) is 26.9. The Morgan fingerprint density at radius 3 is 1.27 bits per heavy atom. The highest BCUT2D eigenvalue weighted by Crippen LogP contribution is 2.30. The summed E-state index contributed by atoms with van der Waals surface area (Å²) in [5.74, 6) is 0. The predicted molar refractivity (Wildman–Crippen MR) is 199 cm³/mol. The average molecular weight is 601 g/mol. The third-order valence-electron chi connectivity index (χ3n) is 8.75. The summed E-state index contributed by atoms with van der Waals surface area (Å²) in [4.78, 5) is 7.14. The van der Waals surface area contributed by atoms with E-state index in [0.717, 1.165) is 44.8 Å². The Labute approximate surface area is 272 Å². The molecule has 4 nitrogen and oxygen atoms in total.